The van der Waals surface area contributed by atoms with Gasteiger partial charge in [0, 0.05) is 49.5 Å². The fourth-order valence-electron chi connectivity index (χ4n) is 3.58. The Kier molecular flexibility index (Phi) is 5.21. The summed E-state index contributed by atoms with van der Waals surface area (Å²) in [6.07, 6.45) is 3.40. The van der Waals surface area contributed by atoms with Crippen molar-refractivity contribution in [2.24, 2.45) is 10.4 Å². The van der Waals surface area contributed by atoms with Crippen LogP contribution in [0, 0.1) is 19.3 Å². The molecule has 6 heteroatoms. The summed E-state index contributed by atoms with van der Waals surface area (Å²) in [5.41, 5.74) is 1.54. The van der Waals surface area contributed by atoms with E-state index in [1.807, 2.05) is 0 Å². The number of aliphatic imine (C=N–C) groups is 1. The summed E-state index contributed by atoms with van der Waals surface area (Å²) in [6, 6.07) is 0. The fourth-order valence-corrected chi connectivity index (χ4v) is 4.51. The van der Waals surface area contributed by atoms with Gasteiger partial charge in [-0.2, -0.15) is 0 Å². The number of aryl methyl sites for hydroxylation is 2. The van der Waals surface area contributed by atoms with Crippen LogP contribution in [0.15, 0.2) is 4.99 Å². The van der Waals surface area contributed by atoms with Gasteiger partial charge in [0.1, 0.15) is 0 Å². The van der Waals surface area contributed by atoms with Gasteiger partial charge < -0.3 is 15.0 Å². The first-order valence-corrected chi connectivity index (χ1v) is 9.47. The molecule has 1 atom stereocenters. The van der Waals surface area contributed by atoms with Crippen LogP contribution >= 0.6 is 11.3 Å². The van der Waals surface area contributed by atoms with Gasteiger partial charge in [0.25, 0.3) is 0 Å². The minimum atomic E-state index is 0.377. The molecule has 3 heterocycles. The van der Waals surface area contributed by atoms with Crippen LogP contribution in [0.4, 0.5) is 0 Å². The van der Waals surface area contributed by atoms with Gasteiger partial charge in [-0.25, -0.2) is 4.98 Å². The van der Waals surface area contributed by atoms with Crippen molar-refractivity contribution in [1.29, 1.82) is 0 Å². The molecule has 1 aromatic rings. The summed E-state index contributed by atoms with van der Waals surface area (Å²) in [5, 5.41) is 4.61. The van der Waals surface area contributed by atoms with E-state index in [0.29, 0.717) is 5.41 Å². The molecule has 0 amide bonds. The lowest BCUT2D eigenvalue weighted by Crippen LogP contribution is -2.41. The molecule has 2 saturated heterocycles. The third-order valence-electron chi connectivity index (χ3n) is 4.86. The lowest BCUT2D eigenvalue weighted by Gasteiger charge is -2.24. The van der Waals surface area contributed by atoms with Crippen molar-refractivity contribution < 1.29 is 4.74 Å². The Morgan fingerprint density at radius 1 is 1.43 bits per heavy atom. The molecule has 1 spiro atoms. The third-order valence-corrected chi connectivity index (χ3v) is 5.99. The molecule has 1 unspecified atom stereocenters. The van der Waals surface area contributed by atoms with Crippen molar-refractivity contribution in [3.05, 3.63) is 15.6 Å². The predicted octanol–water partition coefficient (Wildman–Crippen LogP) is 2.38. The monoisotopic (exact) mass is 336 g/mol. The zero-order valence-corrected chi connectivity index (χ0v) is 15.3. The van der Waals surface area contributed by atoms with Crippen LogP contribution < -0.4 is 5.32 Å². The molecule has 128 valence electrons. The molecule has 0 bridgehead atoms. The zero-order chi connectivity index (χ0) is 16.3. The van der Waals surface area contributed by atoms with E-state index in [9.17, 15) is 0 Å². The van der Waals surface area contributed by atoms with E-state index < -0.39 is 0 Å². The summed E-state index contributed by atoms with van der Waals surface area (Å²) in [5.74, 6) is 1.06. The summed E-state index contributed by atoms with van der Waals surface area (Å²) >= 11 is 1.80. The van der Waals surface area contributed by atoms with Gasteiger partial charge in [-0.05, 0) is 33.6 Å². The van der Waals surface area contributed by atoms with E-state index in [2.05, 4.69) is 36.0 Å². The number of guanidine groups is 1. The molecule has 5 nitrogen and oxygen atoms in total. The summed E-state index contributed by atoms with van der Waals surface area (Å²) < 4.78 is 5.63. The van der Waals surface area contributed by atoms with Gasteiger partial charge in [-0.1, -0.05) is 0 Å². The second-order valence-electron chi connectivity index (χ2n) is 6.70. The van der Waals surface area contributed by atoms with E-state index in [1.54, 1.807) is 11.3 Å². The molecule has 1 aromatic heterocycles. The van der Waals surface area contributed by atoms with Crippen molar-refractivity contribution in [1.82, 2.24) is 15.2 Å². The normalized spacial score (nSPS) is 24.8. The average molecular weight is 337 g/mol. The maximum atomic E-state index is 5.63. The van der Waals surface area contributed by atoms with Gasteiger partial charge in [-0.15, -0.1) is 11.3 Å². The van der Waals surface area contributed by atoms with Gasteiger partial charge in [0.15, 0.2) is 5.96 Å². The number of aromatic nitrogens is 1. The smallest absolute Gasteiger partial charge is 0.193 e. The number of likely N-dealkylation sites (tertiary alicyclic amines) is 1. The van der Waals surface area contributed by atoms with E-state index in [0.717, 1.165) is 62.5 Å². The van der Waals surface area contributed by atoms with E-state index in [-0.39, 0.29) is 0 Å². The lowest BCUT2D eigenvalue weighted by molar-refractivity contribution is 0.156. The number of nitrogens with one attached hydrogen (secondary N) is 1. The molecular weight excluding hydrogens is 308 g/mol. The first-order chi connectivity index (χ1) is 11.1. The van der Waals surface area contributed by atoms with Crippen molar-refractivity contribution in [2.75, 3.05) is 39.4 Å². The molecule has 1 N–H and O–H groups in total. The van der Waals surface area contributed by atoms with Crippen LogP contribution in [0.5, 0.6) is 0 Å². The highest BCUT2D eigenvalue weighted by Gasteiger charge is 2.42. The van der Waals surface area contributed by atoms with Crippen molar-refractivity contribution in [3.63, 3.8) is 0 Å². The van der Waals surface area contributed by atoms with Gasteiger partial charge in [0.2, 0.25) is 0 Å². The first kappa shape index (κ1) is 16.7. The maximum Gasteiger partial charge on any atom is 0.193 e. The summed E-state index contributed by atoms with van der Waals surface area (Å²) in [7, 11) is 0. The van der Waals surface area contributed by atoms with Crippen LogP contribution in [-0.4, -0.2) is 55.2 Å². The van der Waals surface area contributed by atoms with Crippen molar-refractivity contribution >= 4 is 17.3 Å². The van der Waals surface area contributed by atoms with Gasteiger partial charge >= 0.3 is 0 Å². The Morgan fingerprint density at radius 3 is 2.96 bits per heavy atom. The summed E-state index contributed by atoms with van der Waals surface area (Å²) in [6.45, 7) is 12.1. The van der Waals surface area contributed by atoms with Crippen molar-refractivity contribution in [2.45, 2.75) is 40.0 Å². The van der Waals surface area contributed by atoms with Crippen LogP contribution in [0.2, 0.25) is 0 Å². The minimum absolute atomic E-state index is 0.377. The molecule has 2 aliphatic rings. The highest BCUT2D eigenvalue weighted by atomic mass is 32.1. The zero-order valence-electron chi connectivity index (χ0n) is 14.5. The Balaban J connectivity index is 1.60. The highest BCUT2D eigenvalue weighted by molar-refractivity contribution is 7.11. The standard InChI is InChI=1S/C17H28N4OS/c1-4-18-16(19-8-5-15-13(2)20-14(3)23-15)21-9-6-17(11-21)7-10-22-12-17/h4-12H2,1-3H3,(H,18,19). The Hall–Kier alpha value is -1.14. The Morgan fingerprint density at radius 2 is 2.30 bits per heavy atom. The number of hydrogen-bond acceptors (Lipinski definition) is 4. The predicted molar refractivity (Wildman–Crippen MR) is 95.3 cm³/mol. The molecule has 0 radical (unpaired) electrons. The minimum Gasteiger partial charge on any atom is -0.381 e. The number of hydrogen-bond donors (Lipinski definition) is 1. The maximum absolute atomic E-state index is 5.63. The van der Waals surface area contributed by atoms with Gasteiger partial charge in [0.05, 0.1) is 17.3 Å². The number of nitrogens with zero attached hydrogens (tertiary/aromatic N) is 3. The molecule has 0 aliphatic carbocycles. The van der Waals surface area contributed by atoms with E-state index >= 15 is 0 Å². The molecule has 0 aromatic carbocycles. The Bertz CT molecular complexity index is 563. The summed E-state index contributed by atoms with van der Waals surface area (Å²) in [4.78, 5) is 13.2. The molecular formula is C17H28N4OS. The van der Waals surface area contributed by atoms with E-state index in [4.69, 9.17) is 9.73 Å². The Labute approximate surface area is 143 Å². The van der Waals surface area contributed by atoms with Crippen LogP contribution in [-0.2, 0) is 11.2 Å². The molecule has 0 saturated carbocycles. The van der Waals surface area contributed by atoms with E-state index in [1.165, 1.54) is 17.7 Å². The van der Waals surface area contributed by atoms with Crippen LogP contribution in [0.3, 0.4) is 0 Å². The van der Waals surface area contributed by atoms with Crippen LogP contribution in [0.25, 0.3) is 0 Å². The topological polar surface area (TPSA) is 49.8 Å². The van der Waals surface area contributed by atoms with Crippen molar-refractivity contribution in [3.8, 4) is 0 Å². The number of ether oxygens (including phenoxy) is 1. The number of thiazole rings is 1. The first-order valence-electron chi connectivity index (χ1n) is 8.66. The van der Waals surface area contributed by atoms with Gasteiger partial charge in [-0.3, -0.25) is 4.99 Å². The SMILES string of the molecule is CCNC(=NCCc1sc(C)nc1C)N1CCC2(CCOC2)C1. The third kappa shape index (κ3) is 3.86. The number of rotatable bonds is 4. The largest absolute Gasteiger partial charge is 0.381 e. The van der Waals surface area contributed by atoms with Crippen LogP contribution in [0.1, 0.15) is 35.3 Å². The molecule has 2 fully saturated rings. The average Bonchev–Trinajstić information content (AvgIpc) is 3.22. The quantitative estimate of drug-likeness (QED) is 0.677. The highest BCUT2D eigenvalue weighted by Crippen LogP contribution is 2.38. The fraction of sp³-hybridized carbons (Fsp3) is 0.765. The second-order valence-corrected chi connectivity index (χ2v) is 7.99. The molecule has 23 heavy (non-hydrogen) atoms. The lowest BCUT2D eigenvalue weighted by atomic mass is 9.87. The molecule has 3 rings (SSSR count). The molecule has 2 aliphatic heterocycles. The second kappa shape index (κ2) is 7.18.